The highest BCUT2D eigenvalue weighted by Gasteiger charge is 2.26. The molecule has 0 saturated heterocycles. The first-order valence-corrected chi connectivity index (χ1v) is 5.75. The molecule has 0 aromatic rings. The van der Waals surface area contributed by atoms with E-state index in [4.69, 9.17) is 35.7 Å². The van der Waals surface area contributed by atoms with Crippen LogP contribution in [-0.4, -0.2) is 82.0 Å². The Bertz CT molecular complexity index is 123. The predicted molar refractivity (Wildman–Crippen MR) is 64.8 cm³/mol. The highest BCUT2D eigenvalue weighted by molar-refractivity contribution is 4.75. The van der Waals surface area contributed by atoms with Crippen LogP contribution in [0, 0.1) is 10.8 Å². The van der Waals surface area contributed by atoms with Crippen molar-refractivity contribution in [3.8, 4) is 0 Å². The normalized spacial score (nSPS) is 12.0. The fraction of sp³-hybridized carbons (Fsp3) is 1.00. The van der Waals surface area contributed by atoms with Gasteiger partial charge < -0.3 is 35.7 Å². The van der Waals surface area contributed by atoms with Crippen LogP contribution in [0.1, 0.15) is 13.3 Å². The molecule has 0 bridgehead atoms. The Balaban J connectivity index is 0. The molecule has 0 aliphatic carbocycles. The van der Waals surface area contributed by atoms with Gasteiger partial charge in [0, 0.05) is 5.41 Å². The van der Waals surface area contributed by atoms with Crippen molar-refractivity contribution in [2.24, 2.45) is 10.8 Å². The Morgan fingerprint density at radius 2 is 0.722 bits per heavy atom. The van der Waals surface area contributed by atoms with Gasteiger partial charge in [0.1, 0.15) is 0 Å². The average molecular weight is 270 g/mol. The second kappa shape index (κ2) is 10.6. The highest BCUT2D eigenvalue weighted by Crippen LogP contribution is 2.18. The summed E-state index contributed by atoms with van der Waals surface area (Å²) in [5.41, 5.74) is -1.78. The van der Waals surface area contributed by atoms with E-state index in [9.17, 15) is 0 Å². The smallest absolute Gasteiger partial charge is 0.0627 e. The quantitative estimate of drug-likeness (QED) is 0.254. The summed E-state index contributed by atoms with van der Waals surface area (Å²) in [6.45, 7) is -0.272. The number of hydrogen-bond donors (Lipinski definition) is 7. The summed E-state index contributed by atoms with van der Waals surface area (Å²) >= 11 is 0. The third-order valence-electron chi connectivity index (χ3n) is 3.10. The zero-order valence-corrected chi connectivity index (χ0v) is 10.8. The molecular weight excluding hydrogens is 244 g/mol. The van der Waals surface area contributed by atoms with E-state index in [0.717, 1.165) is 0 Å². The molecule has 0 amide bonds. The van der Waals surface area contributed by atoms with Gasteiger partial charge in [0.05, 0.1) is 51.7 Å². The van der Waals surface area contributed by atoms with Crippen molar-refractivity contribution in [3.05, 3.63) is 0 Å². The van der Waals surface area contributed by atoms with E-state index < -0.39 is 37.3 Å². The summed E-state index contributed by atoms with van der Waals surface area (Å²) in [6, 6.07) is 0. The molecule has 0 unspecified atom stereocenters. The summed E-state index contributed by atoms with van der Waals surface area (Å²) in [7, 11) is 0. The number of hydrogen-bond acceptors (Lipinski definition) is 7. The van der Waals surface area contributed by atoms with Crippen molar-refractivity contribution < 1.29 is 35.7 Å². The van der Waals surface area contributed by atoms with Crippen LogP contribution in [0.25, 0.3) is 0 Å². The molecule has 7 heteroatoms. The zero-order chi connectivity index (χ0) is 14.7. The third kappa shape index (κ3) is 6.05. The predicted octanol–water partition coefficient (Wildman–Crippen LogP) is -2.70. The maximum atomic E-state index is 8.66. The van der Waals surface area contributed by atoms with E-state index in [2.05, 4.69) is 0 Å². The number of aliphatic hydroxyl groups excluding tert-OH is 7. The lowest BCUT2D eigenvalue weighted by Gasteiger charge is -2.24. The largest absolute Gasteiger partial charge is 0.396 e. The van der Waals surface area contributed by atoms with Crippen molar-refractivity contribution in [1.29, 1.82) is 0 Å². The second-order valence-electron chi connectivity index (χ2n) is 4.46. The van der Waals surface area contributed by atoms with Gasteiger partial charge >= 0.3 is 0 Å². The standard InChI is InChI=1S/C6H14O3.C5H12O4/c1-2-6(3-7,4-8)5-9;6-1-5(2-7,3-8)4-9/h7-9H,2-5H2,1H3;6-9H,1-4H2. The highest BCUT2D eigenvalue weighted by atomic mass is 16.3. The molecule has 0 aliphatic rings. The van der Waals surface area contributed by atoms with Gasteiger partial charge in [-0.2, -0.15) is 0 Å². The van der Waals surface area contributed by atoms with Crippen molar-refractivity contribution >= 4 is 0 Å². The Hall–Kier alpha value is -0.280. The molecule has 7 nitrogen and oxygen atoms in total. The second-order valence-corrected chi connectivity index (χ2v) is 4.46. The molecule has 0 aromatic heterocycles. The number of aliphatic hydroxyl groups is 7. The first-order chi connectivity index (χ1) is 8.49. The summed E-state index contributed by atoms with van der Waals surface area (Å²) in [5.74, 6) is 0. The van der Waals surface area contributed by atoms with Crippen molar-refractivity contribution in [2.75, 3.05) is 46.2 Å². The Morgan fingerprint density at radius 1 is 0.500 bits per heavy atom. The van der Waals surface area contributed by atoms with Gasteiger partial charge in [0.25, 0.3) is 0 Å². The lowest BCUT2D eigenvalue weighted by atomic mass is 9.88. The fourth-order valence-corrected chi connectivity index (χ4v) is 0.785. The molecule has 0 atom stereocenters. The van der Waals surface area contributed by atoms with Gasteiger partial charge in [-0.3, -0.25) is 0 Å². The lowest BCUT2D eigenvalue weighted by molar-refractivity contribution is -0.0328. The summed E-state index contributed by atoms with van der Waals surface area (Å²) < 4.78 is 0. The van der Waals surface area contributed by atoms with Crippen LogP contribution >= 0.6 is 0 Å². The van der Waals surface area contributed by atoms with Crippen LogP contribution in [0.5, 0.6) is 0 Å². The molecule has 0 rings (SSSR count). The van der Waals surface area contributed by atoms with E-state index in [0.29, 0.717) is 6.42 Å². The maximum absolute atomic E-state index is 8.66. The van der Waals surface area contributed by atoms with E-state index in [-0.39, 0.29) is 19.8 Å². The molecule has 0 spiro atoms. The molecule has 112 valence electrons. The summed E-state index contributed by atoms with van der Waals surface area (Å²) in [5, 5.41) is 60.0. The minimum absolute atomic E-state index is 0.156. The zero-order valence-electron chi connectivity index (χ0n) is 10.8. The molecule has 0 heterocycles. The van der Waals surface area contributed by atoms with Crippen LogP contribution < -0.4 is 0 Å². The molecule has 18 heavy (non-hydrogen) atoms. The minimum atomic E-state index is -1.11. The maximum Gasteiger partial charge on any atom is 0.0627 e. The first-order valence-electron chi connectivity index (χ1n) is 5.75. The van der Waals surface area contributed by atoms with Gasteiger partial charge in [-0.05, 0) is 6.42 Å². The molecule has 7 N–H and O–H groups in total. The van der Waals surface area contributed by atoms with E-state index >= 15 is 0 Å². The molecule has 0 saturated carbocycles. The van der Waals surface area contributed by atoms with E-state index in [1.165, 1.54) is 0 Å². The van der Waals surface area contributed by atoms with Crippen LogP contribution in [0.15, 0.2) is 0 Å². The van der Waals surface area contributed by atoms with Gasteiger partial charge in [-0.25, -0.2) is 0 Å². The monoisotopic (exact) mass is 270 g/mol. The molecule has 0 aliphatic heterocycles. The van der Waals surface area contributed by atoms with Crippen molar-refractivity contribution in [3.63, 3.8) is 0 Å². The van der Waals surface area contributed by atoms with Gasteiger partial charge in [0.2, 0.25) is 0 Å². The van der Waals surface area contributed by atoms with E-state index in [1.807, 2.05) is 6.92 Å². The van der Waals surface area contributed by atoms with Gasteiger partial charge in [0.15, 0.2) is 0 Å². The van der Waals surface area contributed by atoms with Crippen LogP contribution in [0.3, 0.4) is 0 Å². The number of rotatable bonds is 8. The van der Waals surface area contributed by atoms with Gasteiger partial charge in [-0.1, -0.05) is 6.92 Å². The Labute approximate surface area is 107 Å². The topological polar surface area (TPSA) is 142 Å². The summed E-state index contributed by atoms with van der Waals surface area (Å²) in [6.07, 6.45) is 0.594. The summed E-state index contributed by atoms with van der Waals surface area (Å²) in [4.78, 5) is 0. The average Bonchev–Trinajstić information content (AvgIpc) is 2.46. The molecular formula is C11H26O7. The fourth-order valence-electron chi connectivity index (χ4n) is 0.785. The Morgan fingerprint density at radius 3 is 0.722 bits per heavy atom. The molecule has 0 fully saturated rings. The third-order valence-corrected chi connectivity index (χ3v) is 3.10. The van der Waals surface area contributed by atoms with Crippen LogP contribution in [0.4, 0.5) is 0 Å². The Kier molecular flexibility index (Phi) is 11.8. The molecule has 0 aromatic carbocycles. The lowest BCUT2D eigenvalue weighted by Crippen LogP contribution is -2.37. The van der Waals surface area contributed by atoms with Crippen LogP contribution in [0.2, 0.25) is 0 Å². The molecule has 0 radical (unpaired) electrons. The van der Waals surface area contributed by atoms with Crippen LogP contribution in [-0.2, 0) is 0 Å². The van der Waals surface area contributed by atoms with E-state index in [1.54, 1.807) is 0 Å². The van der Waals surface area contributed by atoms with Gasteiger partial charge in [-0.15, -0.1) is 0 Å². The first kappa shape index (κ1) is 20.0. The van der Waals surface area contributed by atoms with Crippen molar-refractivity contribution in [2.45, 2.75) is 13.3 Å². The van der Waals surface area contributed by atoms with Crippen molar-refractivity contribution in [1.82, 2.24) is 0 Å². The minimum Gasteiger partial charge on any atom is -0.396 e. The SMILES string of the molecule is CCC(CO)(CO)CO.OCC(CO)(CO)CO.